The third-order valence-corrected chi connectivity index (χ3v) is 7.34. The third kappa shape index (κ3) is 4.50. The number of rotatable bonds is 7. The minimum atomic E-state index is 0.0210. The molecule has 5 rings (SSSR count). The molecule has 1 N–H and O–H groups in total. The van der Waals surface area contributed by atoms with E-state index in [9.17, 15) is 4.79 Å². The molecule has 2 aliphatic rings. The first-order chi connectivity index (χ1) is 16.1. The normalized spacial score (nSPS) is 14.9. The number of unbranched alkanes of at least 4 members (excludes halogenated alkanes) is 1. The van der Waals surface area contributed by atoms with Gasteiger partial charge in [-0.3, -0.25) is 9.69 Å². The summed E-state index contributed by atoms with van der Waals surface area (Å²) < 4.78 is 0. The van der Waals surface area contributed by atoms with Crippen molar-refractivity contribution in [2.75, 3.05) is 44.2 Å². The second-order valence-electron chi connectivity index (χ2n) is 8.98. The number of anilines is 1. The number of carbonyl (C=O) groups is 1. The summed E-state index contributed by atoms with van der Waals surface area (Å²) in [4.78, 5) is 17.6. The van der Waals surface area contributed by atoms with Crippen molar-refractivity contribution < 1.29 is 4.79 Å². The number of amides is 1. The zero-order valence-electron chi connectivity index (χ0n) is 19.1. The molecule has 170 valence electrons. The number of hydrogen-bond donors (Lipinski definition) is 1. The van der Waals surface area contributed by atoms with Crippen LogP contribution in [0.2, 0.25) is 5.02 Å². The quantitative estimate of drug-likeness (QED) is 0.364. The summed E-state index contributed by atoms with van der Waals surface area (Å²) in [5.74, 6) is 0.0210. The van der Waals surface area contributed by atoms with Crippen LogP contribution in [0.15, 0.2) is 60.7 Å². The fraction of sp³-hybridized carbons (Fsp3) is 0.321. The summed E-state index contributed by atoms with van der Waals surface area (Å²) in [6, 6.07) is 20.5. The summed E-state index contributed by atoms with van der Waals surface area (Å²) in [7, 11) is 0. The van der Waals surface area contributed by atoms with Crippen LogP contribution in [0.5, 0.6) is 0 Å². The number of hydrogen-bond acceptors (Lipinski definition) is 3. The average molecular weight is 460 g/mol. The van der Waals surface area contributed by atoms with Gasteiger partial charge in [0, 0.05) is 49.0 Å². The Kier molecular flexibility index (Phi) is 6.39. The lowest BCUT2D eigenvalue weighted by atomic mass is 9.80. The monoisotopic (exact) mass is 459 g/mol. The predicted octanol–water partition coefficient (Wildman–Crippen LogP) is 5.63. The highest BCUT2D eigenvalue weighted by Crippen LogP contribution is 2.46. The van der Waals surface area contributed by atoms with Crippen LogP contribution in [0.3, 0.4) is 0 Å². The van der Waals surface area contributed by atoms with E-state index in [1.807, 2.05) is 30.3 Å². The van der Waals surface area contributed by atoms with E-state index >= 15 is 0 Å². The number of halogens is 1. The zero-order valence-corrected chi connectivity index (χ0v) is 19.9. The van der Waals surface area contributed by atoms with E-state index in [0.717, 1.165) is 56.2 Å². The summed E-state index contributed by atoms with van der Waals surface area (Å²) in [6.07, 6.45) is 2.08. The van der Waals surface area contributed by atoms with Crippen molar-refractivity contribution in [2.45, 2.75) is 19.8 Å². The maximum Gasteiger partial charge on any atom is 0.251 e. The van der Waals surface area contributed by atoms with E-state index in [-0.39, 0.29) is 5.91 Å². The second kappa shape index (κ2) is 9.58. The predicted molar refractivity (Wildman–Crippen MR) is 137 cm³/mol. The topological polar surface area (TPSA) is 35.6 Å². The zero-order chi connectivity index (χ0) is 22.8. The average Bonchev–Trinajstić information content (AvgIpc) is 2.84. The fourth-order valence-electron chi connectivity index (χ4n) is 4.95. The number of benzene rings is 3. The van der Waals surface area contributed by atoms with Crippen LogP contribution in [0.1, 0.15) is 28.8 Å². The Morgan fingerprint density at radius 1 is 0.879 bits per heavy atom. The second-order valence-corrected chi connectivity index (χ2v) is 9.39. The highest BCUT2D eigenvalue weighted by Gasteiger charge is 2.23. The highest BCUT2D eigenvalue weighted by atomic mass is 35.5. The Balaban J connectivity index is 1.03. The minimum absolute atomic E-state index is 0.0210. The molecule has 0 unspecified atom stereocenters. The smallest absolute Gasteiger partial charge is 0.251 e. The Morgan fingerprint density at radius 3 is 2.39 bits per heavy atom. The molecular weight excluding hydrogens is 430 g/mol. The SMILES string of the molecule is Cc1c(Cl)cccc1N1CCN(CCCCNC(=O)c2ccc3c(c2)-c2ccccc2-3)CC1. The molecule has 0 bridgehead atoms. The molecule has 4 nitrogen and oxygen atoms in total. The molecule has 0 radical (unpaired) electrons. The molecule has 1 fully saturated rings. The first kappa shape index (κ1) is 22.0. The molecule has 1 aliphatic heterocycles. The molecule has 5 heteroatoms. The number of nitrogens with one attached hydrogen (secondary N) is 1. The van der Waals surface area contributed by atoms with E-state index in [4.69, 9.17) is 11.6 Å². The van der Waals surface area contributed by atoms with Crippen LogP contribution in [-0.2, 0) is 0 Å². The van der Waals surface area contributed by atoms with Gasteiger partial charge >= 0.3 is 0 Å². The molecule has 33 heavy (non-hydrogen) atoms. The first-order valence-electron chi connectivity index (χ1n) is 11.9. The van der Waals surface area contributed by atoms with Crippen LogP contribution in [-0.4, -0.2) is 50.1 Å². The fourth-order valence-corrected chi connectivity index (χ4v) is 5.12. The van der Waals surface area contributed by atoms with E-state index in [1.165, 1.54) is 33.5 Å². The van der Waals surface area contributed by atoms with Gasteiger partial charge in [0.15, 0.2) is 0 Å². The van der Waals surface area contributed by atoms with Crippen molar-refractivity contribution in [3.63, 3.8) is 0 Å². The van der Waals surface area contributed by atoms with Gasteiger partial charge in [-0.1, -0.05) is 48.0 Å². The summed E-state index contributed by atoms with van der Waals surface area (Å²) in [5.41, 5.74) is 8.12. The Morgan fingerprint density at radius 2 is 1.61 bits per heavy atom. The maximum absolute atomic E-state index is 12.6. The van der Waals surface area contributed by atoms with Gasteiger partial charge in [-0.05, 0) is 78.4 Å². The van der Waals surface area contributed by atoms with Crippen molar-refractivity contribution in [1.82, 2.24) is 10.2 Å². The van der Waals surface area contributed by atoms with Crippen LogP contribution in [0.25, 0.3) is 22.3 Å². The van der Waals surface area contributed by atoms with Crippen LogP contribution in [0.4, 0.5) is 5.69 Å². The molecule has 0 aromatic heterocycles. The molecule has 1 saturated heterocycles. The van der Waals surface area contributed by atoms with Crippen LogP contribution in [0, 0.1) is 6.92 Å². The number of carbonyl (C=O) groups excluding carboxylic acids is 1. The number of nitrogens with zero attached hydrogens (tertiary/aromatic N) is 2. The first-order valence-corrected chi connectivity index (χ1v) is 12.2. The van der Waals surface area contributed by atoms with Crippen molar-refractivity contribution in [3.8, 4) is 22.3 Å². The molecule has 1 amide bonds. The van der Waals surface area contributed by atoms with Crippen molar-refractivity contribution in [2.24, 2.45) is 0 Å². The van der Waals surface area contributed by atoms with Gasteiger partial charge in [0.25, 0.3) is 5.91 Å². The summed E-state index contributed by atoms with van der Waals surface area (Å²) >= 11 is 6.29. The van der Waals surface area contributed by atoms with Crippen molar-refractivity contribution in [1.29, 1.82) is 0 Å². The molecule has 3 aromatic rings. The maximum atomic E-state index is 12.6. The Bertz CT molecular complexity index is 1170. The molecule has 1 heterocycles. The summed E-state index contributed by atoms with van der Waals surface area (Å²) in [5, 5.41) is 3.93. The van der Waals surface area contributed by atoms with Crippen molar-refractivity contribution >= 4 is 23.2 Å². The Hall–Kier alpha value is -2.82. The summed E-state index contributed by atoms with van der Waals surface area (Å²) in [6.45, 7) is 8.07. The third-order valence-electron chi connectivity index (χ3n) is 6.93. The number of piperazine rings is 1. The van der Waals surface area contributed by atoms with Gasteiger partial charge < -0.3 is 10.2 Å². The molecular formula is C28H30ClN3O. The molecule has 0 saturated carbocycles. The van der Waals surface area contributed by atoms with Crippen molar-refractivity contribution in [3.05, 3.63) is 76.8 Å². The lowest BCUT2D eigenvalue weighted by Gasteiger charge is -2.37. The largest absolute Gasteiger partial charge is 0.369 e. The molecule has 0 atom stereocenters. The van der Waals surface area contributed by atoms with Crippen LogP contribution >= 0.6 is 11.6 Å². The number of fused-ring (bicyclic) bond motifs is 4. The van der Waals surface area contributed by atoms with Gasteiger partial charge in [0.1, 0.15) is 0 Å². The van der Waals surface area contributed by atoms with Gasteiger partial charge in [0.2, 0.25) is 0 Å². The Labute approximate surface area is 201 Å². The van der Waals surface area contributed by atoms with Gasteiger partial charge in [-0.2, -0.15) is 0 Å². The van der Waals surface area contributed by atoms with E-state index < -0.39 is 0 Å². The van der Waals surface area contributed by atoms with Gasteiger partial charge in [-0.25, -0.2) is 0 Å². The van der Waals surface area contributed by atoms with Gasteiger partial charge in [-0.15, -0.1) is 0 Å². The molecule has 0 spiro atoms. The molecule has 1 aliphatic carbocycles. The minimum Gasteiger partial charge on any atom is -0.369 e. The van der Waals surface area contributed by atoms with E-state index in [0.29, 0.717) is 6.54 Å². The standard InChI is InChI=1S/C28H30ClN3O/c1-20-26(29)9-6-10-27(20)32-17-15-31(16-18-32)14-5-4-13-30-28(33)21-11-12-24-22-7-2-3-8-23(22)25(24)19-21/h2-3,6-12,19H,4-5,13-18H2,1H3,(H,30,33). The van der Waals surface area contributed by atoms with Crippen LogP contribution < -0.4 is 10.2 Å². The van der Waals surface area contributed by atoms with Gasteiger partial charge in [0.05, 0.1) is 0 Å². The molecule has 3 aromatic carbocycles. The lowest BCUT2D eigenvalue weighted by molar-refractivity contribution is 0.0952. The van der Waals surface area contributed by atoms with E-state index in [1.54, 1.807) is 0 Å². The highest BCUT2D eigenvalue weighted by molar-refractivity contribution is 6.31. The lowest BCUT2D eigenvalue weighted by Crippen LogP contribution is -2.46. The van der Waals surface area contributed by atoms with E-state index in [2.05, 4.69) is 52.4 Å².